The summed E-state index contributed by atoms with van der Waals surface area (Å²) in [5, 5.41) is 9.19. The van der Waals surface area contributed by atoms with Crippen molar-refractivity contribution in [3.63, 3.8) is 0 Å². The van der Waals surface area contributed by atoms with E-state index in [1.165, 1.54) is 0 Å². The van der Waals surface area contributed by atoms with Gasteiger partial charge in [-0.25, -0.2) is 9.78 Å². The highest BCUT2D eigenvalue weighted by atomic mass is 79.9. The Morgan fingerprint density at radius 2 is 2.12 bits per heavy atom. The molecule has 0 bridgehead atoms. The van der Waals surface area contributed by atoms with Crippen LogP contribution in [0.15, 0.2) is 22.8 Å². The van der Waals surface area contributed by atoms with Crippen LogP contribution in [0.1, 0.15) is 37.1 Å². The first-order valence-corrected chi connectivity index (χ1v) is 6.02. The largest absolute Gasteiger partial charge is 0.476 e. The van der Waals surface area contributed by atoms with Crippen LogP contribution < -0.4 is 0 Å². The van der Waals surface area contributed by atoms with E-state index in [0.29, 0.717) is 5.52 Å². The van der Waals surface area contributed by atoms with E-state index in [2.05, 4.69) is 20.9 Å². The van der Waals surface area contributed by atoms with E-state index in [4.69, 9.17) is 0 Å². The number of pyridine rings is 1. The van der Waals surface area contributed by atoms with Crippen molar-refractivity contribution in [2.75, 3.05) is 0 Å². The summed E-state index contributed by atoms with van der Waals surface area (Å²) < 4.78 is 2.56. The van der Waals surface area contributed by atoms with Crippen molar-refractivity contribution >= 4 is 27.4 Å². The Balaban J connectivity index is 2.90. The number of aromatic nitrogens is 2. The van der Waals surface area contributed by atoms with E-state index in [1.54, 1.807) is 0 Å². The maximum absolute atomic E-state index is 11.2. The molecule has 0 spiro atoms. The lowest BCUT2D eigenvalue weighted by atomic mass is 9.96. The molecule has 0 saturated heterocycles. The smallest absolute Gasteiger partial charge is 0.356 e. The predicted molar refractivity (Wildman–Crippen MR) is 68.6 cm³/mol. The molecule has 2 heterocycles. The molecule has 2 rings (SSSR count). The van der Waals surface area contributed by atoms with E-state index >= 15 is 0 Å². The summed E-state index contributed by atoms with van der Waals surface area (Å²) in [5.41, 5.74) is 0.476. The van der Waals surface area contributed by atoms with E-state index in [1.807, 2.05) is 43.5 Å². The summed E-state index contributed by atoms with van der Waals surface area (Å²) in [6, 6.07) is 3.68. The van der Waals surface area contributed by atoms with Crippen LogP contribution in [0.5, 0.6) is 0 Å². The third-order valence-corrected chi connectivity index (χ3v) is 3.13. The van der Waals surface area contributed by atoms with Crippen LogP contribution in [0.4, 0.5) is 0 Å². The fourth-order valence-electron chi connectivity index (χ4n) is 1.78. The molecule has 2 aromatic heterocycles. The zero-order valence-electron chi connectivity index (χ0n) is 9.86. The molecule has 0 aromatic carbocycles. The number of imidazole rings is 1. The lowest BCUT2D eigenvalue weighted by molar-refractivity contribution is 0.0693. The summed E-state index contributed by atoms with van der Waals surface area (Å²) in [7, 11) is 0. The van der Waals surface area contributed by atoms with Crippen LogP contribution in [-0.4, -0.2) is 20.5 Å². The molecule has 17 heavy (non-hydrogen) atoms. The van der Waals surface area contributed by atoms with Gasteiger partial charge in [-0.2, -0.15) is 0 Å². The fraction of sp³-hybridized carbons (Fsp3) is 0.333. The standard InChI is InChI=1S/C12H13BrN2O2/c1-12(2,3)11-14-8(10(16)17)9-7(13)5-4-6-15(9)11/h4-6H,1-3H3,(H,16,17). The number of fused-ring (bicyclic) bond motifs is 1. The van der Waals surface area contributed by atoms with Crippen molar-refractivity contribution in [1.82, 2.24) is 9.38 Å². The molecule has 0 atom stereocenters. The molecule has 0 aliphatic rings. The molecule has 0 fully saturated rings. The summed E-state index contributed by atoms with van der Waals surface area (Å²) in [6.07, 6.45) is 1.83. The minimum atomic E-state index is -1.01. The van der Waals surface area contributed by atoms with Crippen molar-refractivity contribution in [2.45, 2.75) is 26.2 Å². The Hall–Kier alpha value is -1.36. The maximum Gasteiger partial charge on any atom is 0.356 e. The molecule has 2 aromatic rings. The molecule has 0 saturated carbocycles. The highest BCUT2D eigenvalue weighted by Crippen LogP contribution is 2.28. The topological polar surface area (TPSA) is 54.6 Å². The number of aromatic carboxylic acids is 1. The van der Waals surface area contributed by atoms with Gasteiger partial charge < -0.3 is 9.51 Å². The molecule has 0 amide bonds. The predicted octanol–water partition coefficient (Wildman–Crippen LogP) is 3.09. The highest BCUT2D eigenvalue weighted by molar-refractivity contribution is 9.10. The molecule has 5 heteroatoms. The number of hydrogen-bond acceptors (Lipinski definition) is 2. The van der Waals surface area contributed by atoms with Crippen molar-refractivity contribution < 1.29 is 9.90 Å². The van der Waals surface area contributed by atoms with Gasteiger partial charge in [0.05, 0.1) is 5.52 Å². The van der Waals surface area contributed by atoms with Crippen molar-refractivity contribution in [2.24, 2.45) is 0 Å². The number of nitrogens with zero attached hydrogens (tertiary/aromatic N) is 2. The van der Waals surface area contributed by atoms with Gasteiger partial charge in [0.25, 0.3) is 0 Å². The molecule has 4 nitrogen and oxygen atoms in total. The first kappa shape index (κ1) is 12.1. The molecule has 0 unspecified atom stereocenters. The second kappa shape index (κ2) is 3.84. The Morgan fingerprint density at radius 1 is 1.47 bits per heavy atom. The average Bonchev–Trinajstić information content (AvgIpc) is 2.57. The zero-order chi connectivity index (χ0) is 12.8. The fourth-order valence-corrected chi connectivity index (χ4v) is 2.31. The molecular weight excluding hydrogens is 284 g/mol. The zero-order valence-corrected chi connectivity index (χ0v) is 11.4. The van der Waals surface area contributed by atoms with Gasteiger partial charge in [-0.1, -0.05) is 20.8 Å². The lowest BCUT2D eigenvalue weighted by Gasteiger charge is -2.16. The van der Waals surface area contributed by atoms with E-state index < -0.39 is 5.97 Å². The first-order valence-electron chi connectivity index (χ1n) is 5.22. The number of carboxylic acids is 1. The van der Waals surface area contributed by atoms with Crippen molar-refractivity contribution in [3.8, 4) is 0 Å². The molecule has 1 N–H and O–H groups in total. The third kappa shape index (κ3) is 1.95. The van der Waals surface area contributed by atoms with Gasteiger partial charge in [0, 0.05) is 16.1 Å². The quantitative estimate of drug-likeness (QED) is 0.880. The van der Waals surface area contributed by atoms with Crippen molar-refractivity contribution in [1.29, 1.82) is 0 Å². The third-order valence-electron chi connectivity index (χ3n) is 2.49. The summed E-state index contributed by atoms with van der Waals surface area (Å²) >= 11 is 3.37. The highest BCUT2D eigenvalue weighted by Gasteiger charge is 2.25. The van der Waals surface area contributed by atoms with E-state index in [9.17, 15) is 9.90 Å². The van der Waals surface area contributed by atoms with E-state index in [-0.39, 0.29) is 11.1 Å². The number of hydrogen-bond donors (Lipinski definition) is 1. The number of rotatable bonds is 1. The van der Waals surface area contributed by atoms with Crippen molar-refractivity contribution in [3.05, 3.63) is 34.3 Å². The maximum atomic E-state index is 11.2. The Bertz CT molecular complexity index is 596. The van der Waals surface area contributed by atoms with Gasteiger partial charge in [-0.3, -0.25) is 0 Å². The van der Waals surface area contributed by atoms with Crippen LogP contribution >= 0.6 is 15.9 Å². The Kier molecular flexibility index (Phi) is 2.73. The van der Waals surface area contributed by atoms with Crippen LogP contribution in [0.2, 0.25) is 0 Å². The van der Waals surface area contributed by atoms with Gasteiger partial charge in [-0.05, 0) is 28.1 Å². The van der Waals surface area contributed by atoms with Gasteiger partial charge in [0.15, 0.2) is 5.69 Å². The minimum absolute atomic E-state index is 0.0856. The molecule has 90 valence electrons. The lowest BCUT2D eigenvalue weighted by Crippen LogP contribution is -2.15. The number of halogens is 1. The monoisotopic (exact) mass is 296 g/mol. The van der Waals surface area contributed by atoms with Gasteiger partial charge in [0.1, 0.15) is 5.82 Å². The average molecular weight is 297 g/mol. The van der Waals surface area contributed by atoms with E-state index in [0.717, 1.165) is 10.3 Å². The SMILES string of the molecule is CC(C)(C)c1nc(C(=O)O)c2c(Br)cccn12. The second-order valence-electron chi connectivity index (χ2n) is 4.91. The minimum Gasteiger partial charge on any atom is -0.476 e. The molecule has 0 aliphatic heterocycles. The first-order chi connectivity index (χ1) is 7.82. The number of carbonyl (C=O) groups is 1. The van der Waals surface area contributed by atoms with Crippen LogP contribution in [0.25, 0.3) is 5.52 Å². The molecular formula is C12H13BrN2O2. The summed E-state index contributed by atoms with van der Waals surface area (Å²) in [5.74, 6) is -0.267. The van der Waals surface area contributed by atoms with Gasteiger partial charge >= 0.3 is 5.97 Å². The van der Waals surface area contributed by atoms with Crippen LogP contribution in [0.3, 0.4) is 0 Å². The summed E-state index contributed by atoms with van der Waals surface area (Å²) in [4.78, 5) is 15.5. The van der Waals surface area contributed by atoms with Gasteiger partial charge in [-0.15, -0.1) is 0 Å². The normalized spacial score (nSPS) is 12.0. The molecule has 0 radical (unpaired) electrons. The van der Waals surface area contributed by atoms with Crippen LogP contribution in [0, 0.1) is 0 Å². The Labute approximate surface area is 107 Å². The van der Waals surface area contributed by atoms with Crippen LogP contribution in [-0.2, 0) is 5.41 Å². The second-order valence-corrected chi connectivity index (χ2v) is 5.77. The van der Waals surface area contributed by atoms with Gasteiger partial charge in [0.2, 0.25) is 0 Å². The molecule has 0 aliphatic carbocycles. The summed E-state index contributed by atoms with van der Waals surface area (Å²) in [6.45, 7) is 6.02. The Morgan fingerprint density at radius 3 is 2.65 bits per heavy atom. The number of carboxylic acid groups (broad SMARTS) is 1.